The zero-order valence-electron chi connectivity index (χ0n) is 16.8. The zero-order valence-corrected chi connectivity index (χ0v) is 16.8. The largest absolute Gasteiger partial charge is 0.380 e. The van der Waals surface area contributed by atoms with Gasteiger partial charge in [-0.15, -0.1) is 0 Å². The molecule has 5 N–H and O–H groups in total. The third-order valence-electron chi connectivity index (χ3n) is 4.40. The van der Waals surface area contributed by atoms with E-state index in [1.165, 1.54) is 25.7 Å². The molecule has 0 saturated carbocycles. The number of hydrogen-bond donors (Lipinski definition) is 5. The Hall–Kier alpha value is -0.500. The van der Waals surface area contributed by atoms with Crippen molar-refractivity contribution in [2.75, 3.05) is 78.7 Å². The molecule has 1 heterocycles. The first kappa shape index (κ1) is 23.5. The van der Waals surface area contributed by atoms with E-state index >= 15 is 0 Å². The standard InChI is InChI=1S/C20H43N5O/c1-2-5-9-21-12-15-24-16-13-22-10-6-4-7-11-23-14-17-25-18-20-26-19-8-3-1/h2,5,21-25H,1,3-4,6-20H2. The van der Waals surface area contributed by atoms with Crippen molar-refractivity contribution < 1.29 is 4.74 Å². The van der Waals surface area contributed by atoms with Crippen molar-refractivity contribution in [1.82, 2.24) is 26.6 Å². The lowest BCUT2D eigenvalue weighted by Gasteiger charge is -2.08. The van der Waals surface area contributed by atoms with E-state index in [0.29, 0.717) is 0 Å². The Morgan fingerprint density at radius 1 is 0.462 bits per heavy atom. The van der Waals surface area contributed by atoms with E-state index in [0.717, 1.165) is 91.5 Å². The molecule has 0 aromatic carbocycles. The monoisotopic (exact) mass is 369 g/mol. The lowest BCUT2D eigenvalue weighted by atomic mass is 10.2. The molecule has 0 saturated heterocycles. The summed E-state index contributed by atoms with van der Waals surface area (Å²) < 4.78 is 5.66. The first-order valence-corrected chi connectivity index (χ1v) is 10.8. The van der Waals surface area contributed by atoms with Gasteiger partial charge in [0.25, 0.3) is 0 Å². The molecule has 0 unspecified atom stereocenters. The van der Waals surface area contributed by atoms with Crippen LogP contribution in [-0.4, -0.2) is 78.7 Å². The molecule has 1 aliphatic heterocycles. The van der Waals surface area contributed by atoms with Crippen LogP contribution in [0, 0.1) is 0 Å². The Morgan fingerprint density at radius 2 is 1.08 bits per heavy atom. The molecule has 0 fully saturated rings. The van der Waals surface area contributed by atoms with Crippen molar-refractivity contribution in [3.8, 4) is 0 Å². The summed E-state index contributed by atoms with van der Waals surface area (Å²) in [5.74, 6) is 0. The van der Waals surface area contributed by atoms with Crippen LogP contribution < -0.4 is 26.6 Å². The van der Waals surface area contributed by atoms with Gasteiger partial charge in [-0.05, 0) is 45.2 Å². The first-order chi connectivity index (χ1) is 13.0. The van der Waals surface area contributed by atoms with E-state index < -0.39 is 0 Å². The normalized spacial score (nSPS) is 23.4. The summed E-state index contributed by atoms with van der Waals surface area (Å²) in [6.45, 7) is 12.1. The summed E-state index contributed by atoms with van der Waals surface area (Å²) >= 11 is 0. The fourth-order valence-electron chi connectivity index (χ4n) is 2.81. The van der Waals surface area contributed by atoms with Crippen LogP contribution in [0.15, 0.2) is 12.2 Å². The van der Waals surface area contributed by atoms with Crippen molar-refractivity contribution in [3.63, 3.8) is 0 Å². The minimum atomic E-state index is 0.820. The highest BCUT2D eigenvalue weighted by Crippen LogP contribution is 1.97. The molecule has 6 heteroatoms. The van der Waals surface area contributed by atoms with Crippen LogP contribution in [0.25, 0.3) is 0 Å². The molecule has 1 aliphatic rings. The number of allylic oxidation sites excluding steroid dienone is 1. The third-order valence-corrected chi connectivity index (χ3v) is 4.40. The predicted octanol–water partition coefficient (Wildman–Crippen LogP) is 0.861. The molecule has 26 heavy (non-hydrogen) atoms. The Balaban J connectivity index is 2.04. The fraction of sp³-hybridized carbons (Fsp3) is 0.900. The highest BCUT2D eigenvalue weighted by Gasteiger charge is 1.93. The van der Waals surface area contributed by atoms with Crippen LogP contribution in [0.2, 0.25) is 0 Å². The molecular weight excluding hydrogens is 326 g/mol. The highest BCUT2D eigenvalue weighted by atomic mass is 16.5. The predicted molar refractivity (Wildman–Crippen MR) is 112 cm³/mol. The lowest BCUT2D eigenvalue weighted by molar-refractivity contribution is 0.132. The number of rotatable bonds is 0. The van der Waals surface area contributed by atoms with Crippen LogP contribution in [0.4, 0.5) is 0 Å². The average Bonchev–Trinajstić information content (AvgIpc) is 2.65. The van der Waals surface area contributed by atoms with Crippen LogP contribution in [0.5, 0.6) is 0 Å². The number of nitrogens with one attached hydrogen (secondary N) is 5. The fourth-order valence-corrected chi connectivity index (χ4v) is 2.81. The average molecular weight is 370 g/mol. The SMILES string of the molecule is C1=CCNCCNCCNCCCCCNCCNCCOCCCC1. The van der Waals surface area contributed by atoms with Crippen LogP contribution in [0.1, 0.15) is 38.5 Å². The molecule has 1 rings (SSSR count). The van der Waals surface area contributed by atoms with Gasteiger partial charge in [-0.2, -0.15) is 0 Å². The summed E-state index contributed by atoms with van der Waals surface area (Å²) in [4.78, 5) is 0. The Labute approximate surface area is 161 Å². The van der Waals surface area contributed by atoms with Gasteiger partial charge in [0.15, 0.2) is 0 Å². The summed E-state index contributed by atoms with van der Waals surface area (Å²) in [6.07, 6.45) is 11.9. The molecule has 0 radical (unpaired) electrons. The lowest BCUT2D eigenvalue weighted by Crippen LogP contribution is -2.33. The maximum Gasteiger partial charge on any atom is 0.0590 e. The van der Waals surface area contributed by atoms with Crippen LogP contribution in [0.3, 0.4) is 0 Å². The topological polar surface area (TPSA) is 69.4 Å². The van der Waals surface area contributed by atoms with Gasteiger partial charge in [0, 0.05) is 59.0 Å². The second-order valence-corrected chi connectivity index (χ2v) is 6.84. The van der Waals surface area contributed by atoms with Gasteiger partial charge in [0.2, 0.25) is 0 Å². The van der Waals surface area contributed by atoms with Crippen molar-refractivity contribution in [1.29, 1.82) is 0 Å². The van der Waals surface area contributed by atoms with E-state index in [9.17, 15) is 0 Å². The van der Waals surface area contributed by atoms with Crippen LogP contribution >= 0.6 is 0 Å². The maximum atomic E-state index is 5.66. The summed E-state index contributed by atoms with van der Waals surface area (Å²) in [5, 5.41) is 17.3. The van der Waals surface area contributed by atoms with Crippen molar-refractivity contribution >= 4 is 0 Å². The maximum absolute atomic E-state index is 5.66. The van der Waals surface area contributed by atoms with Gasteiger partial charge in [-0.3, -0.25) is 0 Å². The van der Waals surface area contributed by atoms with Gasteiger partial charge in [0.05, 0.1) is 6.61 Å². The number of hydrogen-bond acceptors (Lipinski definition) is 6. The molecule has 6 nitrogen and oxygen atoms in total. The summed E-state index contributed by atoms with van der Waals surface area (Å²) in [7, 11) is 0. The van der Waals surface area contributed by atoms with Gasteiger partial charge < -0.3 is 31.3 Å². The summed E-state index contributed by atoms with van der Waals surface area (Å²) in [6, 6.07) is 0. The smallest absolute Gasteiger partial charge is 0.0590 e. The van der Waals surface area contributed by atoms with Gasteiger partial charge in [-0.1, -0.05) is 18.6 Å². The second-order valence-electron chi connectivity index (χ2n) is 6.84. The third kappa shape index (κ3) is 18.3. The number of ether oxygens (including phenoxy) is 1. The second kappa shape index (κ2) is 20.8. The minimum absolute atomic E-state index is 0.820. The molecule has 0 bridgehead atoms. The van der Waals surface area contributed by atoms with Crippen molar-refractivity contribution in [2.24, 2.45) is 0 Å². The van der Waals surface area contributed by atoms with Gasteiger partial charge in [-0.25, -0.2) is 0 Å². The Kier molecular flexibility index (Phi) is 18.8. The van der Waals surface area contributed by atoms with Gasteiger partial charge in [0.1, 0.15) is 0 Å². The summed E-state index contributed by atoms with van der Waals surface area (Å²) in [5.41, 5.74) is 0. The molecular formula is C20H43N5O. The van der Waals surface area contributed by atoms with E-state index in [-0.39, 0.29) is 0 Å². The van der Waals surface area contributed by atoms with Crippen LogP contribution in [-0.2, 0) is 4.74 Å². The molecule has 0 aromatic rings. The van der Waals surface area contributed by atoms with Gasteiger partial charge >= 0.3 is 0 Å². The van der Waals surface area contributed by atoms with Crippen molar-refractivity contribution in [2.45, 2.75) is 38.5 Å². The van der Waals surface area contributed by atoms with Crippen molar-refractivity contribution in [3.05, 3.63) is 12.2 Å². The first-order valence-electron chi connectivity index (χ1n) is 10.8. The van der Waals surface area contributed by atoms with E-state index in [1.807, 2.05) is 0 Å². The Bertz CT molecular complexity index is 274. The molecule has 0 amide bonds. The Morgan fingerprint density at radius 3 is 1.81 bits per heavy atom. The molecule has 0 atom stereocenters. The zero-order chi connectivity index (χ0) is 18.4. The minimum Gasteiger partial charge on any atom is -0.380 e. The quantitative estimate of drug-likeness (QED) is 0.408. The molecule has 154 valence electrons. The van der Waals surface area contributed by atoms with E-state index in [4.69, 9.17) is 4.74 Å². The highest BCUT2D eigenvalue weighted by molar-refractivity contribution is 4.83. The van der Waals surface area contributed by atoms with E-state index in [2.05, 4.69) is 38.7 Å². The molecule has 0 aromatic heterocycles. The van der Waals surface area contributed by atoms with E-state index in [1.54, 1.807) is 0 Å². The molecule has 0 aliphatic carbocycles. The molecule has 0 spiro atoms.